The number of pyridine rings is 1. The van der Waals surface area contributed by atoms with Crippen molar-refractivity contribution >= 4 is 34.4 Å². The molecule has 0 spiro atoms. The SMILES string of the molecule is COC(=O)c1ccc(N=c2oc3ccccc3cc2C(=O)Nc2ccc(C)cn2)cc1. The molecule has 0 aliphatic heterocycles. The van der Waals surface area contributed by atoms with Gasteiger partial charge in [0.1, 0.15) is 17.0 Å². The maximum Gasteiger partial charge on any atom is 0.337 e. The summed E-state index contributed by atoms with van der Waals surface area (Å²) in [7, 11) is 1.32. The molecule has 0 fully saturated rings. The van der Waals surface area contributed by atoms with E-state index in [0.717, 1.165) is 10.9 Å². The number of hydrogen-bond donors (Lipinski definition) is 1. The molecule has 7 nitrogen and oxygen atoms in total. The van der Waals surface area contributed by atoms with Crippen LogP contribution < -0.4 is 10.9 Å². The summed E-state index contributed by atoms with van der Waals surface area (Å²) in [6, 6.07) is 19.2. The predicted octanol–water partition coefficient (Wildman–Crippen LogP) is 4.41. The molecule has 0 bridgehead atoms. The van der Waals surface area contributed by atoms with Crippen molar-refractivity contribution in [3.05, 3.63) is 95.2 Å². The third kappa shape index (κ3) is 4.51. The van der Waals surface area contributed by atoms with Crippen LogP contribution in [0, 0.1) is 6.92 Å². The highest BCUT2D eigenvalue weighted by molar-refractivity contribution is 6.05. The maximum atomic E-state index is 13.0. The normalized spacial score (nSPS) is 11.4. The number of carbonyl (C=O) groups excluding carboxylic acids is 2. The van der Waals surface area contributed by atoms with Gasteiger partial charge in [-0.2, -0.15) is 0 Å². The van der Waals surface area contributed by atoms with Crippen LogP contribution in [0.3, 0.4) is 0 Å². The van der Waals surface area contributed by atoms with Crippen molar-refractivity contribution in [2.75, 3.05) is 12.4 Å². The van der Waals surface area contributed by atoms with Gasteiger partial charge in [-0.25, -0.2) is 14.8 Å². The van der Waals surface area contributed by atoms with Gasteiger partial charge in [-0.05, 0) is 55.0 Å². The highest BCUT2D eigenvalue weighted by Crippen LogP contribution is 2.17. The van der Waals surface area contributed by atoms with Gasteiger partial charge < -0.3 is 14.5 Å². The van der Waals surface area contributed by atoms with Crippen LogP contribution in [-0.2, 0) is 4.74 Å². The number of para-hydroxylation sites is 1. The average molecular weight is 413 g/mol. The van der Waals surface area contributed by atoms with Crippen molar-refractivity contribution in [2.24, 2.45) is 4.99 Å². The van der Waals surface area contributed by atoms with Crippen LogP contribution in [0.5, 0.6) is 0 Å². The summed E-state index contributed by atoms with van der Waals surface area (Å²) in [5, 5.41) is 3.54. The lowest BCUT2D eigenvalue weighted by Gasteiger charge is -2.07. The van der Waals surface area contributed by atoms with Crippen LogP contribution in [0.1, 0.15) is 26.3 Å². The molecule has 0 aliphatic rings. The van der Waals surface area contributed by atoms with Crippen LogP contribution >= 0.6 is 0 Å². The number of hydrogen-bond acceptors (Lipinski definition) is 6. The summed E-state index contributed by atoms with van der Waals surface area (Å²) in [5.74, 6) is -0.402. The Balaban J connectivity index is 1.77. The summed E-state index contributed by atoms with van der Waals surface area (Å²) in [6.07, 6.45) is 1.68. The fourth-order valence-corrected chi connectivity index (χ4v) is 2.95. The number of ether oxygens (including phenoxy) is 1. The van der Waals surface area contributed by atoms with Crippen LogP contribution in [-0.4, -0.2) is 24.0 Å². The Labute approximate surface area is 178 Å². The molecule has 154 valence electrons. The molecule has 2 aromatic heterocycles. The first kappa shape index (κ1) is 20.0. The molecule has 0 saturated carbocycles. The minimum Gasteiger partial charge on any atom is -0.465 e. The van der Waals surface area contributed by atoms with Crippen molar-refractivity contribution in [3.8, 4) is 0 Å². The molecular formula is C24H19N3O4. The Morgan fingerprint density at radius 1 is 1.03 bits per heavy atom. The average Bonchev–Trinajstić information content (AvgIpc) is 2.80. The molecule has 1 amide bonds. The van der Waals surface area contributed by atoms with Gasteiger partial charge in [-0.15, -0.1) is 0 Å². The van der Waals surface area contributed by atoms with Gasteiger partial charge in [0.25, 0.3) is 5.91 Å². The first-order valence-corrected chi connectivity index (χ1v) is 9.53. The van der Waals surface area contributed by atoms with E-state index in [-0.39, 0.29) is 11.1 Å². The summed E-state index contributed by atoms with van der Waals surface area (Å²) in [4.78, 5) is 33.4. The number of anilines is 1. The van der Waals surface area contributed by atoms with E-state index >= 15 is 0 Å². The Hall–Kier alpha value is -4.26. The number of aryl methyl sites for hydroxylation is 1. The monoisotopic (exact) mass is 413 g/mol. The number of amides is 1. The molecule has 31 heavy (non-hydrogen) atoms. The lowest BCUT2D eigenvalue weighted by molar-refractivity contribution is 0.0600. The Morgan fingerprint density at radius 2 is 1.81 bits per heavy atom. The number of nitrogens with one attached hydrogen (secondary N) is 1. The quantitative estimate of drug-likeness (QED) is 0.500. The zero-order chi connectivity index (χ0) is 21.8. The molecule has 2 aromatic carbocycles. The van der Waals surface area contributed by atoms with Crippen LogP contribution in [0.15, 0.2) is 82.3 Å². The van der Waals surface area contributed by atoms with E-state index in [2.05, 4.69) is 15.3 Å². The van der Waals surface area contributed by atoms with Crippen molar-refractivity contribution in [2.45, 2.75) is 6.92 Å². The van der Waals surface area contributed by atoms with E-state index in [0.29, 0.717) is 22.7 Å². The number of nitrogens with zero attached hydrogens (tertiary/aromatic N) is 2. The molecular weight excluding hydrogens is 394 g/mol. The molecule has 4 rings (SSSR count). The number of methoxy groups -OCH3 is 1. The van der Waals surface area contributed by atoms with Crippen molar-refractivity contribution in [1.82, 2.24) is 4.98 Å². The van der Waals surface area contributed by atoms with E-state index in [4.69, 9.17) is 9.15 Å². The molecule has 0 aliphatic carbocycles. The molecule has 2 heterocycles. The summed E-state index contributed by atoms with van der Waals surface area (Å²) in [5.41, 5.74) is 2.92. The number of esters is 1. The first-order valence-electron chi connectivity index (χ1n) is 9.53. The number of carbonyl (C=O) groups is 2. The number of rotatable bonds is 4. The standard InChI is InChI=1S/C24H19N3O4/c1-15-7-12-21(25-14-15)27-22(28)19-13-17-5-3-4-6-20(17)31-23(19)26-18-10-8-16(9-11-18)24(29)30-2/h3-14H,1-2H3,(H,25,27,28). The topological polar surface area (TPSA) is 93.8 Å². The van der Waals surface area contributed by atoms with Gasteiger partial charge in [0.05, 0.1) is 18.4 Å². The van der Waals surface area contributed by atoms with Crippen LogP contribution in [0.4, 0.5) is 11.5 Å². The Kier molecular flexibility index (Phi) is 5.57. The van der Waals surface area contributed by atoms with Gasteiger partial charge in [-0.3, -0.25) is 4.79 Å². The van der Waals surface area contributed by atoms with Gasteiger partial charge in [0.15, 0.2) is 0 Å². The van der Waals surface area contributed by atoms with Crippen LogP contribution in [0.2, 0.25) is 0 Å². The largest absolute Gasteiger partial charge is 0.465 e. The Bertz CT molecular complexity index is 1320. The van der Waals surface area contributed by atoms with E-state index in [9.17, 15) is 9.59 Å². The van der Waals surface area contributed by atoms with Gasteiger partial charge in [0, 0.05) is 11.6 Å². The minimum atomic E-state index is -0.437. The second-order valence-corrected chi connectivity index (χ2v) is 6.83. The molecule has 0 saturated heterocycles. The minimum absolute atomic E-state index is 0.147. The van der Waals surface area contributed by atoms with Crippen LogP contribution in [0.25, 0.3) is 11.0 Å². The second-order valence-electron chi connectivity index (χ2n) is 6.83. The van der Waals surface area contributed by atoms with Crippen molar-refractivity contribution in [1.29, 1.82) is 0 Å². The second kappa shape index (κ2) is 8.62. The van der Waals surface area contributed by atoms with Gasteiger partial charge in [0.2, 0.25) is 5.55 Å². The predicted molar refractivity (Wildman–Crippen MR) is 116 cm³/mol. The van der Waals surface area contributed by atoms with Crippen molar-refractivity contribution in [3.63, 3.8) is 0 Å². The van der Waals surface area contributed by atoms with Gasteiger partial charge in [-0.1, -0.05) is 24.3 Å². The third-order valence-corrected chi connectivity index (χ3v) is 4.57. The first-order chi connectivity index (χ1) is 15.0. The van der Waals surface area contributed by atoms with E-state index in [1.165, 1.54) is 7.11 Å². The highest BCUT2D eigenvalue weighted by atomic mass is 16.5. The molecule has 1 N–H and O–H groups in total. The van der Waals surface area contributed by atoms with E-state index < -0.39 is 11.9 Å². The molecule has 0 radical (unpaired) electrons. The summed E-state index contributed by atoms with van der Waals surface area (Å²) in [6.45, 7) is 1.92. The smallest absolute Gasteiger partial charge is 0.337 e. The third-order valence-electron chi connectivity index (χ3n) is 4.57. The lowest BCUT2D eigenvalue weighted by atomic mass is 10.1. The number of benzene rings is 2. The lowest BCUT2D eigenvalue weighted by Crippen LogP contribution is -2.22. The van der Waals surface area contributed by atoms with Gasteiger partial charge >= 0.3 is 5.97 Å². The summed E-state index contributed by atoms with van der Waals surface area (Å²) >= 11 is 0. The Morgan fingerprint density at radius 3 is 2.52 bits per heavy atom. The molecule has 0 unspecified atom stereocenters. The molecule has 0 atom stereocenters. The zero-order valence-corrected chi connectivity index (χ0v) is 17.0. The number of fused-ring (bicyclic) bond motifs is 1. The molecule has 4 aromatic rings. The molecule has 7 heteroatoms. The zero-order valence-electron chi connectivity index (χ0n) is 17.0. The van der Waals surface area contributed by atoms with E-state index in [1.807, 2.05) is 31.2 Å². The fraction of sp³-hybridized carbons (Fsp3) is 0.0833. The highest BCUT2D eigenvalue weighted by Gasteiger charge is 2.14. The van der Waals surface area contributed by atoms with Crippen molar-refractivity contribution < 1.29 is 18.7 Å². The maximum absolute atomic E-state index is 13.0. The number of aromatic nitrogens is 1. The van der Waals surface area contributed by atoms with E-state index in [1.54, 1.807) is 48.7 Å². The fourth-order valence-electron chi connectivity index (χ4n) is 2.95. The summed E-state index contributed by atoms with van der Waals surface area (Å²) < 4.78 is 10.6.